The molecule has 0 aromatic carbocycles. The molecular formula is C17H21N7. The number of aromatic nitrogens is 3. The second-order valence-electron chi connectivity index (χ2n) is 5.94. The van der Waals surface area contributed by atoms with Crippen LogP contribution in [0.4, 0.5) is 17.6 Å². The highest BCUT2D eigenvalue weighted by Gasteiger charge is 2.24. The maximum atomic E-state index is 9.10. The zero-order valence-electron chi connectivity index (χ0n) is 13.7. The highest BCUT2D eigenvalue weighted by Crippen LogP contribution is 2.34. The Morgan fingerprint density at radius 1 is 1.25 bits per heavy atom. The minimum Gasteiger partial charge on any atom is -0.384 e. The summed E-state index contributed by atoms with van der Waals surface area (Å²) in [5.74, 6) is 1.69. The molecule has 0 radical (unpaired) electrons. The molecule has 1 saturated heterocycles. The third-order valence-corrected chi connectivity index (χ3v) is 4.37. The molecule has 0 saturated carbocycles. The molecule has 24 heavy (non-hydrogen) atoms. The first-order valence-corrected chi connectivity index (χ1v) is 8.15. The van der Waals surface area contributed by atoms with Gasteiger partial charge in [-0.2, -0.15) is 10.2 Å². The molecule has 7 heteroatoms. The molecule has 0 atom stereocenters. The van der Waals surface area contributed by atoms with Gasteiger partial charge in [0.2, 0.25) is 5.95 Å². The largest absolute Gasteiger partial charge is 0.384 e. The van der Waals surface area contributed by atoms with E-state index in [0.717, 1.165) is 55.0 Å². The predicted octanol–water partition coefficient (Wildman–Crippen LogP) is 2.01. The van der Waals surface area contributed by atoms with E-state index in [2.05, 4.69) is 25.9 Å². The Kier molecular flexibility index (Phi) is 4.47. The lowest BCUT2D eigenvalue weighted by Crippen LogP contribution is -2.34. The van der Waals surface area contributed by atoms with Crippen LogP contribution in [0, 0.1) is 17.2 Å². The second-order valence-corrected chi connectivity index (χ2v) is 5.94. The molecule has 0 unspecified atom stereocenters. The molecule has 0 aliphatic carbocycles. The molecule has 1 aliphatic rings. The lowest BCUT2D eigenvalue weighted by atomic mass is 9.97. The van der Waals surface area contributed by atoms with Crippen molar-refractivity contribution in [1.82, 2.24) is 15.0 Å². The summed E-state index contributed by atoms with van der Waals surface area (Å²) in [6, 6.07) is 6.06. The molecule has 0 bridgehead atoms. The van der Waals surface area contributed by atoms with Crippen molar-refractivity contribution in [3.63, 3.8) is 0 Å². The van der Waals surface area contributed by atoms with Crippen molar-refractivity contribution in [1.29, 1.82) is 5.26 Å². The van der Waals surface area contributed by atoms with Gasteiger partial charge in [-0.3, -0.25) is 0 Å². The lowest BCUT2D eigenvalue weighted by molar-refractivity contribution is 0.485. The number of nitriles is 1. The van der Waals surface area contributed by atoms with E-state index in [0.29, 0.717) is 5.82 Å². The van der Waals surface area contributed by atoms with Gasteiger partial charge in [-0.1, -0.05) is 6.92 Å². The maximum absolute atomic E-state index is 9.10. The van der Waals surface area contributed by atoms with E-state index in [-0.39, 0.29) is 11.9 Å². The van der Waals surface area contributed by atoms with Gasteiger partial charge in [0.25, 0.3) is 0 Å². The van der Waals surface area contributed by atoms with Crippen LogP contribution < -0.4 is 16.4 Å². The Morgan fingerprint density at radius 3 is 2.58 bits per heavy atom. The summed E-state index contributed by atoms with van der Waals surface area (Å²) in [6.45, 7) is 3.61. The second kappa shape index (κ2) is 6.71. The topological polar surface area (TPSA) is 118 Å². The standard InChI is InChI=1S/C17H21N7/c1-2-13-15(12-3-4-14(19)21-10-12)16(23-17(20)22-13)24-7-5-11(9-18)6-8-24/h3-4,10-11H,2,5-8H2,1H3,(H2,19,21)(H2,20,22,23). The van der Waals surface area contributed by atoms with E-state index in [9.17, 15) is 0 Å². The fourth-order valence-electron chi connectivity index (χ4n) is 3.07. The van der Waals surface area contributed by atoms with Gasteiger partial charge < -0.3 is 16.4 Å². The van der Waals surface area contributed by atoms with Gasteiger partial charge in [0.15, 0.2) is 0 Å². The zero-order chi connectivity index (χ0) is 17.1. The fourth-order valence-corrected chi connectivity index (χ4v) is 3.07. The minimum atomic E-state index is 0.118. The maximum Gasteiger partial charge on any atom is 0.222 e. The van der Waals surface area contributed by atoms with E-state index >= 15 is 0 Å². The van der Waals surface area contributed by atoms with Gasteiger partial charge >= 0.3 is 0 Å². The number of pyridine rings is 1. The van der Waals surface area contributed by atoms with E-state index < -0.39 is 0 Å². The van der Waals surface area contributed by atoms with E-state index in [1.807, 2.05) is 13.0 Å². The fraction of sp³-hybridized carbons (Fsp3) is 0.412. The van der Waals surface area contributed by atoms with E-state index in [1.165, 1.54) is 0 Å². The number of piperidine rings is 1. The summed E-state index contributed by atoms with van der Waals surface area (Å²) >= 11 is 0. The first-order valence-electron chi connectivity index (χ1n) is 8.15. The molecule has 1 fully saturated rings. The van der Waals surface area contributed by atoms with Gasteiger partial charge in [-0.25, -0.2) is 9.97 Å². The Balaban J connectivity index is 2.06. The minimum absolute atomic E-state index is 0.118. The van der Waals surface area contributed by atoms with Crippen LogP contribution in [0.1, 0.15) is 25.5 Å². The highest BCUT2D eigenvalue weighted by molar-refractivity contribution is 5.79. The van der Waals surface area contributed by atoms with Crippen LogP contribution >= 0.6 is 0 Å². The van der Waals surface area contributed by atoms with Gasteiger partial charge in [0.05, 0.1) is 11.8 Å². The molecule has 0 amide bonds. The van der Waals surface area contributed by atoms with Crippen molar-refractivity contribution in [3.8, 4) is 17.2 Å². The number of nitrogen functional groups attached to an aromatic ring is 2. The van der Waals surface area contributed by atoms with Gasteiger partial charge in [0, 0.05) is 36.3 Å². The van der Waals surface area contributed by atoms with Gasteiger partial charge in [-0.15, -0.1) is 0 Å². The molecule has 3 heterocycles. The van der Waals surface area contributed by atoms with Gasteiger partial charge in [0.1, 0.15) is 11.6 Å². The quantitative estimate of drug-likeness (QED) is 0.887. The van der Waals surface area contributed by atoms with E-state index in [1.54, 1.807) is 12.3 Å². The first-order chi connectivity index (χ1) is 11.6. The summed E-state index contributed by atoms with van der Waals surface area (Å²) in [5, 5.41) is 9.10. The van der Waals surface area contributed by atoms with Crippen molar-refractivity contribution >= 4 is 17.6 Å². The lowest BCUT2D eigenvalue weighted by Gasteiger charge is -2.32. The normalized spacial score (nSPS) is 15.2. The van der Waals surface area contributed by atoms with Crippen molar-refractivity contribution in [2.75, 3.05) is 29.5 Å². The molecule has 124 valence electrons. The molecule has 1 aliphatic heterocycles. The smallest absolute Gasteiger partial charge is 0.222 e. The molecule has 2 aromatic rings. The Bertz CT molecular complexity index is 756. The SMILES string of the molecule is CCc1nc(N)nc(N2CCC(C#N)CC2)c1-c1ccc(N)nc1. The average molecular weight is 323 g/mol. The number of aryl methyl sites for hydroxylation is 1. The third-order valence-electron chi connectivity index (χ3n) is 4.37. The summed E-state index contributed by atoms with van der Waals surface area (Å²) in [7, 11) is 0. The van der Waals surface area contributed by atoms with Crippen molar-refractivity contribution in [2.45, 2.75) is 26.2 Å². The molecule has 2 aromatic heterocycles. The van der Waals surface area contributed by atoms with Crippen LogP contribution in [0.15, 0.2) is 18.3 Å². The molecule has 0 spiro atoms. The number of hydrogen-bond acceptors (Lipinski definition) is 7. The summed E-state index contributed by atoms with van der Waals surface area (Å²) in [4.78, 5) is 15.3. The van der Waals surface area contributed by atoms with Crippen LogP contribution in [-0.2, 0) is 6.42 Å². The Hall–Kier alpha value is -2.88. The van der Waals surface area contributed by atoms with Crippen LogP contribution in [0.5, 0.6) is 0 Å². The van der Waals surface area contributed by atoms with Crippen molar-refractivity contribution in [3.05, 3.63) is 24.0 Å². The summed E-state index contributed by atoms with van der Waals surface area (Å²) in [5.41, 5.74) is 14.4. The molecule has 3 rings (SSSR count). The number of nitrogens with zero attached hydrogens (tertiary/aromatic N) is 5. The summed E-state index contributed by atoms with van der Waals surface area (Å²) < 4.78 is 0. The van der Waals surface area contributed by atoms with Crippen LogP contribution in [0.2, 0.25) is 0 Å². The molecule has 7 nitrogen and oxygen atoms in total. The van der Waals surface area contributed by atoms with Gasteiger partial charge in [-0.05, 0) is 31.4 Å². The molecule has 4 N–H and O–H groups in total. The average Bonchev–Trinajstić information content (AvgIpc) is 2.62. The summed E-state index contributed by atoms with van der Waals surface area (Å²) in [6.07, 6.45) is 4.16. The first kappa shape index (κ1) is 16.0. The van der Waals surface area contributed by atoms with Crippen molar-refractivity contribution < 1.29 is 0 Å². The van der Waals surface area contributed by atoms with Crippen LogP contribution in [0.3, 0.4) is 0 Å². The van der Waals surface area contributed by atoms with E-state index in [4.69, 9.17) is 16.7 Å². The predicted molar refractivity (Wildman–Crippen MR) is 94.0 cm³/mol. The van der Waals surface area contributed by atoms with Crippen LogP contribution in [0.25, 0.3) is 11.1 Å². The monoisotopic (exact) mass is 323 g/mol. The Morgan fingerprint density at radius 2 is 2.00 bits per heavy atom. The number of nitrogens with two attached hydrogens (primary N) is 2. The third kappa shape index (κ3) is 3.08. The molecular weight excluding hydrogens is 302 g/mol. The number of anilines is 3. The zero-order valence-corrected chi connectivity index (χ0v) is 13.7. The highest BCUT2D eigenvalue weighted by atomic mass is 15.2. The number of hydrogen-bond donors (Lipinski definition) is 2. The van der Waals surface area contributed by atoms with Crippen LogP contribution in [-0.4, -0.2) is 28.0 Å². The van der Waals surface area contributed by atoms with Crippen molar-refractivity contribution in [2.24, 2.45) is 5.92 Å². The number of rotatable bonds is 3. The Labute approximate surface area is 141 Å².